The van der Waals surface area contributed by atoms with E-state index in [1.165, 1.54) is 12.0 Å². The molecule has 3 nitrogen and oxygen atoms in total. The molecule has 0 aromatic carbocycles. The molecule has 0 heterocycles. The van der Waals surface area contributed by atoms with Gasteiger partial charge in [-0.05, 0) is 0 Å². The number of hydrogen-bond donors (Lipinski definition) is 1. The van der Waals surface area contributed by atoms with Gasteiger partial charge in [-0.3, -0.25) is 4.90 Å². The Balaban J connectivity index is 4.00. The second-order valence-corrected chi connectivity index (χ2v) is 3.62. The highest BCUT2D eigenvalue weighted by Crippen LogP contribution is 2.16. The van der Waals surface area contributed by atoms with Crippen molar-refractivity contribution in [3.63, 3.8) is 0 Å². The van der Waals surface area contributed by atoms with Gasteiger partial charge in [0.05, 0.1) is 18.1 Å². The Hall–Kier alpha value is -0.400. The van der Waals surface area contributed by atoms with E-state index in [2.05, 4.69) is 12.2 Å². The molecule has 90 valence electrons. The Morgan fingerprint density at radius 1 is 1.40 bits per heavy atom. The van der Waals surface area contributed by atoms with Crippen LogP contribution in [-0.4, -0.2) is 49.4 Å². The van der Waals surface area contributed by atoms with Crippen LogP contribution in [-0.2, 0) is 4.74 Å². The summed E-state index contributed by atoms with van der Waals surface area (Å²) < 4.78 is 41.1. The van der Waals surface area contributed by atoms with E-state index in [1.54, 1.807) is 0 Å². The summed E-state index contributed by atoms with van der Waals surface area (Å²) in [5, 5.41) is 0. The number of halogens is 3. The third-order valence-corrected chi connectivity index (χ3v) is 1.89. The fraction of sp³-hybridized carbons (Fsp3) is 0.875. The zero-order valence-corrected chi connectivity index (χ0v) is 9.33. The predicted octanol–water partition coefficient (Wildman–Crippen LogP) is 1.17. The first-order chi connectivity index (χ1) is 6.85. The van der Waals surface area contributed by atoms with Gasteiger partial charge in [0.1, 0.15) is 0 Å². The summed E-state index contributed by atoms with van der Waals surface area (Å²) in [6.07, 6.45) is -3.92. The maximum atomic E-state index is 12.1. The number of alkyl halides is 3. The third kappa shape index (κ3) is 9.89. The van der Waals surface area contributed by atoms with Crippen molar-refractivity contribution in [2.45, 2.75) is 12.6 Å². The van der Waals surface area contributed by atoms with Gasteiger partial charge in [-0.1, -0.05) is 12.2 Å². The van der Waals surface area contributed by atoms with Gasteiger partial charge in [0.15, 0.2) is 0 Å². The lowest BCUT2D eigenvalue weighted by Gasteiger charge is -2.22. The minimum Gasteiger partial charge on any atom is -0.393 e. The molecule has 0 saturated carbocycles. The molecule has 0 fully saturated rings. The van der Waals surface area contributed by atoms with Crippen molar-refractivity contribution in [1.82, 2.24) is 4.90 Å². The van der Waals surface area contributed by atoms with E-state index in [9.17, 15) is 13.2 Å². The van der Waals surface area contributed by atoms with Gasteiger partial charge in [-0.2, -0.15) is 13.2 Å². The van der Waals surface area contributed by atoms with Crippen molar-refractivity contribution < 1.29 is 17.9 Å². The molecular weight excluding hydrogens is 229 g/mol. The number of hydrogen-bond acceptors (Lipinski definition) is 3. The minimum absolute atomic E-state index is 0.207. The molecule has 0 aliphatic carbocycles. The lowest BCUT2D eigenvalue weighted by atomic mass is 10.3. The van der Waals surface area contributed by atoms with Crippen LogP contribution in [0.25, 0.3) is 0 Å². The molecule has 0 aromatic rings. The van der Waals surface area contributed by atoms with Crippen molar-refractivity contribution in [2.75, 3.05) is 33.4 Å². The van der Waals surface area contributed by atoms with Crippen molar-refractivity contribution in [1.29, 1.82) is 0 Å². The molecule has 0 spiro atoms. The Bertz CT molecular complexity index is 199. The van der Waals surface area contributed by atoms with Crippen LogP contribution in [0.3, 0.4) is 0 Å². The van der Waals surface area contributed by atoms with Crippen LogP contribution >= 0.6 is 12.2 Å². The first kappa shape index (κ1) is 14.6. The topological polar surface area (TPSA) is 38.5 Å². The number of nitrogens with two attached hydrogens (primary N) is 1. The van der Waals surface area contributed by atoms with Gasteiger partial charge in [0, 0.05) is 26.6 Å². The number of rotatable bonds is 7. The monoisotopic (exact) mass is 244 g/mol. The average molecular weight is 244 g/mol. The Labute approximate surface area is 92.4 Å². The SMILES string of the molecule is COCCN(CCC(N)=S)CC(F)(F)F. The fourth-order valence-electron chi connectivity index (χ4n) is 1.01. The van der Waals surface area contributed by atoms with Crippen LogP contribution in [0.15, 0.2) is 0 Å². The molecule has 0 saturated heterocycles. The zero-order valence-electron chi connectivity index (χ0n) is 8.51. The highest BCUT2D eigenvalue weighted by molar-refractivity contribution is 7.80. The highest BCUT2D eigenvalue weighted by atomic mass is 32.1. The molecular formula is C8H15F3N2OS. The molecule has 0 radical (unpaired) electrons. The number of methoxy groups -OCH3 is 1. The Morgan fingerprint density at radius 3 is 2.40 bits per heavy atom. The highest BCUT2D eigenvalue weighted by Gasteiger charge is 2.30. The smallest absolute Gasteiger partial charge is 0.393 e. The van der Waals surface area contributed by atoms with E-state index in [0.29, 0.717) is 0 Å². The van der Waals surface area contributed by atoms with Crippen LogP contribution < -0.4 is 5.73 Å². The molecule has 0 bridgehead atoms. The van der Waals surface area contributed by atoms with Crippen molar-refractivity contribution in [2.24, 2.45) is 5.73 Å². The van der Waals surface area contributed by atoms with E-state index >= 15 is 0 Å². The lowest BCUT2D eigenvalue weighted by molar-refractivity contribution is -0.146. The standard InChI is InChI=1S/C8H15F3N2OS/c1-14-5-4-13(3-2-7(12)15)6-8(9,10)11/h2-6H2,1H3,(H2,12,15). The summed E-state index contributed by atoms with van der Waals surface area (Å²) >= 11 is 4.61. The van der Waals surface area contributed by atoms with E-state index in [-0.39, 0.29) is 31.1 Å². The van der Waals surface area contributed by atoms with Crippen LogP contribution in [0, 0.1) is 0 Å². The number of nitrogens with zero attached hydrogens (tertiary/aromatic N) is 1. The summed E-state index contributed by atoms with van der Waals surface area (Å²) in [5.41, 5.74) is 5.23. The summed E-state index contributed by atoms with van der Waals surface area (Å²) in [5.74, 6) is 0. The Morgan fingerprint density at radius 2 is 2.00 bits per heavy atom. The molecule has 15 heavy (non-hydrogen) atoms. The molecule has 0 aliphatic heterocycles. The van der Waals surface area contributed by atoms with Gasteiger partial charge in [-0.15, -0.1) is 0 Å². The largest absolute Gasteiger partial charge is 0.401 e. The molecule has 0 atom stereocenters. The van der Waals surface area contributed by atoms with Crippen LogP contribution in [0.4, 0.5) is 13.2 Å². The van der Waals surface area contributed by atoms with Gasteiger partial charge >= 0.3 is 6.18 Å². The van der Waals surface area contributed by atoms with Gasteiger partial charge < -0.3 is 10.5 Å². The zero-order chi connectivity index (χ0) is 11.9. The summed E-state index contributed by atoms with van der Waals surface area (Å²) in [7, 11) is 1.44. The molecule has 0 aliphatic rings. The average Bonchev–Trinajstić information content (AvgIpc) is 2.07. The van der Waals surface area contributed by atoms with Gasteiger partial charge in [0.25, 0.3) is 0 Å². The maximum absolute atomic E-state index is 12.1. The van der Waals surface area contributed by atoms with E-state index < -0.39 is 12.7 Å². The van der Waals surface area contributed by atoms with Crippen LogP contribution in [0.2, 0.25) is 0 Å². The molecule has 2 N–H and O–H groups in total. The second-order valence-electron chi connectivity index (χ2n) is 3.10. The summed E-state index contributed by atoms with van der Waals surface area (Å²) in [6.45, 7) is -0.275. The van der Waals surface area contributed by atoms with E-state index in [1.807, 2.05) is 0 Å². The van der Waals surface area contributed by atoms with Crippen LogP contribution in [0.5, 0.6) is 0 Å². The fourth-order valence-corrected chi connectivity index (χ4v) is 1.10. The molecule has 0 unspecified atom stereocenters. The lowest BCUT2D eigenvalue weighted by Crippen LogP contribution is -2.38. The van der Waals surface area contributed by atoms with Crippen molar-refractivity contribution >= 4 is 17.2 Å². The molecule has 0 amide bonds. The quantitative estimate of drug-likeness (QED) is 0.682. The first-order valence-corrected chi connectivity index (χ1v) is 4.82. The second kappa shape index (κ2) is 6.97. The number of thiocarbonyl (C=S) groups is 1. The third-order valence-electron chi connectivity index (χ3n) is 1.69. The van der Waals surface area contributed by atoms with Crippen molar-refractivity contribution in [3.05, 3.63) is 0 Å². The van der Waals surface area contributed by atoms with Gasteiger partial charge in [-0.25, -0.2) is 0 Å². The van der Waals surface area contributed by atoms with E-state index in [0.717, 1.165) is 0 Å². The van der Waals surface area contributed by atoms with Gasteiger partial charge in [0.2, 0.25) is 0 Å². The van der Waals surface area contributed by atoms with Crippen LogP contribution in [0.1, 0.15) is 6.42 Å². The van der Waals surface area contributed by atoms with E-state index in [4.69, 9.17) is 10.5 Å². The molecule has 7 heteroatoms. The minimum atomic E-state index is -4.20. The first-order valence-electron chi connectivity index (χ1n) is 4.41. The predicted molar refractivity (Wildman–Crippen MR) is 55.8 cm³/mol. The Kier molecular flexibility index (Phi) is 6.78. The number of ether oxygens (including phenoxy) is 1. The summed E-state index contributed by atoms with van der Waals surface area (Å²) in [6, 6.07) is 0. The summed E-state index contributed by atoms with van der Waals surface area (Å²) in [4.78, 5) is 1.45. The van der Waals surface area contributed by atoms with Crippen molar-refractivity contribution in [3.8, 4) is 0 Å². The molecule has 0 aromatic heterocycles. The maximum Gasteiger partial charge on any atom is 0.401 e. The molecule has 0 rings (SSSR count). The normalized spacial score (nSPS) is 12.1.